The minimum Gasteiger partial charge on any atom is -0.292 e. The Bertz CT molecular complexity index is 1400. The van der Waals surface area contributed by atoms with Crippen LogP contribution in [0.25, 0.3) is 42.1 Å². The van der Waals surface area contributed by atoms with Crippen molar-refractivity contribution in [1.82, 2.24) is 9.55 Å². The highest BCUT2D eigenvalue weighted by atomic mass is 32.1. The number of benzene rings is 2. The average molecular weight is 367 g/mol. The first-order valence-electron chi connectivity index (χ1n) is 8.79. The van der Waals surface area contributed by atoms with Gasteiger partial charge in [-0.05, 0) is 18.2 Å². The van der Waals surface area contributed by atoms with E-state index in [-0.39, 0.29) is 0 Å². The number of allylic oxidation sites excluding steroid dienone is 3. The molecule has 5 aromatic rings. The molecule has 3 aromatic heterocycles. The molecule has 0 unspecified atom stereocenters. The van der Waals surface area contributed by atoms with Gasteiger partial charge < -0.3 is 0 Å². The van der Waals surface area contributed by atoms with E-state index in [1.165, 1.54) is 25.6 Å². The Kier molecular flexibility index (Phi) is 3.66. The lowest BCUT2D eigenvalue weighted by Gasteiger charge is -2.06. The normalized spacial score (nSPS) is 12.9. The molecule has 0 fully saturated rings. The standard InChI is InChI=1S/C23H17N3S/c1-3-4-13-20(24-2)26-17-11-7-5-9-15(17)21-18(26)14-25-22-16-10-6-8-12-19(16)27-23(21)22/h3-14H,1H2,2H3/b13-4-,24-20?. The Morgan fingerprint density at radius 1 is 1.07 bits per heavy atom. The van der Waals surface area contributed by atoms with Crippen molar-refractivity contribution in [2.24, 2.45) is 4.99 Å². The minimum atomic E-state index is 0.864. The van der Waals surface area contributed by atoms with E-state index in [9.17, 15) is 0 Å². The van der Waals surface area contributed by atoms with Gasteiger partial charge in [-0.3, -0.25) is 14.5 Å². The second kappa shape index (κ2) is 6.18. The van der Waals surface area contributed by atoms with Crippen molar-refractivity contribution in [3.63, 3.8) is 0 Å². The van der Waals surface area contributed by atoms with Crippen LogP contribution in [0.2, 0.25) is 0 Å². The predicted octanol–water partition coefficient (Wildman–Crippen LogP) is 6.18. The molecular formula is C23H17N3S. The molecule has 0 aliphatic rings. The van der Waals surface area contributed by atoms with Gasteiger partial charge in [-0.1, -0.05) is 55.1 Å². The molecule has 0 aliphatic heterocycles. The zero-order chi connectivity index (χ0) is 18.4. The van der Waals surface area contributed by atoms with Crippen LogP contribution in [-0.2, 0) is 0 Å². The number of nitrogens with zero attached hydrogens (tertiary/aromatic N) is 3. The highest BCUT2D eigenvalue weighted by Gasteiger charge is 2.18. The van der Waals surface area contributed by atoms with E-state index in [4.69, 9.17) is 4.98 Å². The van der Waals surface area contributed by atoms with Gasteiger partial charge in [0.2, 0.25) is 0 Å². The number of pyridine rings is 1. The minimum absolute atomic E-state index is 0.864. The van der Waals surface area contributed by atoms with E-state index in [0.717, 1.165) is 22.4 Å². The molecule has 0 aliphatic carbocycles. The van der Waals surface area contributed by atoms with Gasteiger partial charge >= 0.3 is 0 Å². The van der Waals surface area contributed by atoms with Crippen LogP contribution in [0.4, 0.5) is 0 Å². The van der Waals surface area contributed by atoms with Crippen LogP contribution >= 0.6 is 11.3 Å². The summed E-state index contributed by atoms with van der Waals surface area (Å²) in [5, 5.41) is 3.68. The Balaban J connectivity index is 2.00. The summed E-state index contributed by atoms with van der Waals surface area (Å²) in [6.07, 6.45) is 7.63. The van der Waals surface area contributed by atoms with Crippen molar-refractivity contribution < 1.29 is 0 Å². The molecule has 130 valence electrons. The summed E-state index contributed by atoms with van der Waals surface area (Å²) in [7, 11) is 1.81. The Morgan fingerprint density at radius 2 is 1.85 bits per heavy atom. The fraction of sp³-hybridized carbons (Fsp3) is 0.0435. The summed E-state index contributed by atoms with van der Waals surface area (Å²) >= 11 is 1.81. The van der Waals surface area contributed by atoms with E-state index in [2.05, 4.69) is 64.7 Å². The molecule has 2 aromatic carbocycles. The number of para-hydroxylation sites is 1. The van der Waals surface area contributed by atoms with Crippen LogP contribution in [0.5, 0.6) is 0 Å². The maximum absolute atomic E-state index is 4.84. The zero-order valence-electron chi connectivity index (χ0n) is 14.9. The molecule has 0 bridgehead atoms. The van der Waals surface area contributed by atoms with Crippen molar-refractivity contribution in [2.75, 3.05) is 7.05 Å². The first-order valence-corrected chi connectivity index (χ1v) is 9.61. The summed E-state index contributed by atoms with van der Waals surface area (Å²) in [6, 6.07) is 17.0. The summed E-state index contributed by atoms with van der Waals surface area (Å²) in [5.41, 5.74) is 3.28. The lowest BCUT2D eigenvalue weighted by Crippen LogP contribution is -2.08. The van der Waals surface area contributed by atoms with Crippen molar-refractivity contribution in [2.45, 2.75) is 0 Å². The number of thiophene rings is 1. The van der Waals surface area contributed by atoms with E-state index in [1.54, 1.807) is 17.4 Å². The van der Waals surface area contributed by atoms with Crippen LogP contribution in [0.15, 0.2) is 84.5 Å². The third-order valence-electron chi connectivity index (χ3n) is 4.86. The highest BCUT2D eigenvalue weighted by Crippen LogP contribution is 2.40. The third-order valence-corrected chi connectivity index (χ3v) is 6.04. The topological polar surface area (TPSA) is 30.2 Å². The summed E-state index contributed by atoms with van der Waals surface area (Å²) in [4.78, 5) is 9.35. The number of hydrogen-bond donors (Lipinski definition) is 0. The average Bonchev–Trinajstić information content (AvgIpc) is 3.25. The quantitative estimate of drug-likeness (QED) is 0.208. The molecule has 3 nitrogen and oxygen atoms in total. The van der Waals surface area contributed by atoms with Crippen molar-refractivity contribution >= 4 is 59.3 Å². The third kappa shape index (κ3) is 2.27. The molecule has 0 saturated heterocycles. The lowest BCUT2D eigenvalue weighted by atomic mass is 10.1. The van der Waals surface area contributed by atoms with Gasteiger partial charge in [-0.25, -0.2) is 0 Å². The van der Waals surface area contributed by atoms with E-state index < -0.39 is 0 Å². The number of hydrogen-bond acceptors (Lipinski definition) is 3. The molecule has 0 radical (unpaired) electrons. The van der Waals surface area contributed by atoms with E-state index in [1.807, 2.05) is 25.4 Å². The molecule has 0 spiro atoms. The van der Waals surface area contributed by atoms with Crippen molar-refractivity contribution in [3.8, 4) is 0 Å². The molecule has 0 atom stereocenters. The number of rotatable bonds is 2. The maximum Gasteiger partial charge on any atom is 0.132 e. The summed E-state index contributed by atoms with van der Waals surface area (Å²) in [6.45, 7) is 3.78. The van der Waals surface area contributed by atoms with E-state index in [0.29, 0.717) is 0 Å². The lowest BCUT2D eigenvalue weighted by molar-refractivity contribution is 1.23. The molecule has 0 N–H and O–H groups in total. The van der Waals surface area contributed by atoms with Gasteiger partial charge in [0, 0.05) is 27.9 Å². The largest absolute Gasteiger partial charge is 0.292 e. The highest BCUT2D eigenvalue weighted by molar-refractivity contribution is 7.26. The van der Waals surface area contributed by atoms with Gasteiger partial charge in [0.15, 0.2) is 0 Å². The first kappa shape index (κ1) is 16.0. The summed E-state index contributed by atoms with van der Waals surface area (Å²) in [5.74, 6) is 0.864. The number of aromatic nitrogens is 2. The molecular weight excluding hydrogens is 350 g/mol. The van der Waals surface area contributed by atoms with Crippen LogP contribution < -0.4 is 0 Å². The van der Waals surface area contributed by atoms with Gasteiger partial charge in [-0.15, -0.1) is 11.3 Å². The van der Waals surface area contributed by atoms with Gasteiger partial charge in [0.05, 0.1) is 27.4 Å². The molecule has 3 heterocycles. The predicted molar refractivity (Wildman–Crippen MR) is 118 cm³/mol. The van der Waals surface area contributed by atoms with Crippen LogP contribution in [0.1, 0.15) is 0 Å². The summed E-state index contributed by atoms with van der Waals surface area (Å²) < 4.78 is 4.67. The number of fused-ring (bicyclic) bond motifs is 7. The van der Waals surface area contributed by atoms with Crippen LogP contribution in [0, 0.1) is 0 Å². The second-order valence-corrected chi connectivity index (χ2v) is 7.38. The fourth-order valence-electron chi connectivity index (χ4n) is 3.73. The van der Waals surface area contributed by atoms with Crippen LogP contribution in [0.3, 0.4) is 0 Å². The molecule has 0 saturated carbocycles. The Labute approximate surface area is 160 Å². The fourth-order valence-corrected chi connectivity index (χ4v) is 4.94. The molecule has 27 heavy (non-hydrogen) atoms. The SMILES string of the molecule is C=C/C=C\C(=NC)n1c2ccccc2c2c3sc4ccccc4c3ncc21. The Hall–Kier alpha value is -3.24. The van der Waals surface area contributed by atoms with E-state index >= 15 is 0 Å². The van der Waals surface area contributed by atoms with Crippen LogP contribution in [-0.4, -0.2) is 22.4 Å². The first-order chi connectivity index (χ1) is 13.3. The molecule has 5 rings (SSSR count). The Morgan fingerprint density at radius 3 is 2.67 bits per heavy atom. The molecule has 0 amide bonds. The van der Waals surface area contributed by atoms with Crippen molar-refractivity contribution in [3.05, 3.63) is 79.5 Å². The number of aliphatic imine (C=N–C) groups is 1. The smallest absolute Gasteiger partial charge is 0.132 e. The zero-order valence-corrected chi connectivity index (χ0v) is 15.7. The monoisotopic (exact) mass is 367 g/mol. The van der Waals surface area contributed by atoms with Gasteiger partial charge in [-0.2, -0.15) is 0 Å². The molecule has 4 heteroatoms. The second-order valence-electron chi connectivity index (χ2n) is 6.32. The van der Waals surface area contributed by atoms with Crippen molar-refractivity contribution in [1.29, 1.82) is 0 Å². The van der Waals surface area contributed by atoms with Gasteiger partial charge in [0.1, 0.15) is 5.84 Å². The maximum atomic E-state index is 4.84. The van der Waals surface area contributed by atoms with Gasteiger partial charge in [0.25, 0.3) is 0 Å².